The Morgan fingerprint density at radius 2 is 1.92 bits per heavy atom. The molecular formula is C10H18O2. The average Bonchev–Trinajstić information content (AvgIpc) is 2.04. The van der Waals surface area contributed by atoms with Gasteiger partial charge in [0, 0.05) is 6.61 Å². The summed E-state index contributed by atoms with van der Waals surface area (Å²) < 4.78 is 10.6. The average molecular weight is 170 g/mol. The molecule has 2 nitrogen and oxygen atoms in total. The van der Waals surface area contributed by atoms with Gasteiger partial charge in [-0.1, -0.05) is 12.8 Å². The van der Waals surface area contributed by atoms with Crippen LogP contribution >= 0.6 is 0 Å². The lowest BCUT2D eigenvalue weighted by Crippen LogP contribution is -2.24. The zero-order valence-corrected chi connectivity index (χ0v) is 8.22. The summed E-state index contributed by atoms with van der Waals surface area (Å²) in [5.41, 5.74) is -0.463. The SMILES string of the molecule is C#CC(C)(C)OCCOCCC. The van der Waals surface area contributed by atoms with Gasteiger partial charge in [0.1, 0.15) is 5.60 Å². The molecule has 0 saturated carbocycles. The van der Waals surface area contributed by atoms with Crippen molar-refractivity contribution in [3.05, 3.63) is 0 Å². The van der Waals surface area contributed by atoms with Crippen LogP contribution in [0.25, 0.3) is 0 Å². The van der Waals surface area contributed by atoms with Crippen LogP contribution in [0.4, 0.5) is 0 Å². The monoisotopic (exact) mass is 170 g/mol. The normalized spacial score (nSPS) is 11.2. The van der Waals surface area contributed by atoms with E-state index in [9.17, 15) is 0 Å². The Kier molecular flexibility index (Phi) is 5.79. The van der Waals surface area contributed by atoms with Crippen LogP contribution < -0.4 is 0 Å². The van der Waals surface area contributed by atoms with Crippen LogP contribution in [-0.4, -0.2) is 25.4 Å². The zero-order valence-electron chi connectivity index (χ0n) is 8.22. The second-order valence-electron chi connectivity index (χ2n) is 3.12. The molecule has 0 unspecified atom stereocenters. The van der Waals surface area contributed by atoms with Gasteiger partial charge in [0.15, 0.2) is 0 Å². The van der Waals surface area contributed by atoms with Gasteiger partial charge in [-0.25, -0.2) is 0 Å². The van der Waals surface area contributed by atoms with Crippen LogP contribution in [0.1, 0.15) is 27.2 Å². The summed E-state index contributed by atoms with van der Waals surface area (Å²) in [5.74, 6) is 2.55. The number of ether oxygens (including phenoxy) is 2. The van der Waals surface area contributed by atoms with E-state index < -0.39 is 5.60 Å². The van der Waals surface area contributed by atoms with E-state index in [0.29, 0.717) is 13.2 Å². The minimum absolute atomic E-state index is 0.463. The highest BCUT2D eigenvalue weighted by Gasteiger charge is 2.12. The second kappa shape index (κ2) is 6.05. The standard InChI is InChI=1S/C10H18O2/c1-5-7-11-8-9-12-10(3,4)6-2/h2H,5,7-9H2,1,3-4H3. The molecule has 0 amide bonds. The molecule has 70 valence electrons. The molecule has 0 fully saturated rings. The van der Waals surface area contributed by atoms with Crippen molar-refractivity contribution in [3.63, 3.8) is 0 Å². The van der Waals surface area contributed by atoms with Crippen molar-refractivity contribution in [3.8, 4) is 12.3 Å². The fourth-order valence-electron chi connectivity index (χ4n) is 0.644. The van der Waals surface area contributed by atoms with E-state index in [1.54, 1.807) is 0 Å². The van der Waals surface area contributed by atoms with E-state index in [-0.39, 0.29) is 0 Å². The number of terminal acetylenes is 1. The lowest BCUT2D eigenvalue weighted by atomic mass is 10.1. The van der Waals surface area contributed by atoms with E-state index in [0.717, 1.165) is 13.0 Å². The molecule has 0 aliphatic carbocycles. The second-order valence-corrected chi connectivity index (χ2v) is 3.12. The van der Waals surface area contributed by atoms with Gasteiger partial charge in [0.2, 0.25) is 0 Å². The summed E-state index contributed by atoms with van der Waals surface area (Å²) in [6.07, 6.45) is 6.27. The van der Waals surface area contributed by atoms with Crippen LogP contribution in [0, 0.1) is 12.3 Å². The summed E-state index contributed by atoms with van der Waals surface area (Å²) >= 11 is 0. The Hall–Kier alpha value is -0.520. The van der Waals surface area contributed by atoms with Gasteiger partial charge in [0.25, 0.3) is 0 Å². The minimum atomic E-state index is -0.463. The van der Waals surface area contributed by atoms with Gasteiger partial charge in [-0.15, -0.1) is 6.42 Å². The smallest absolute Gasteiger partial charge is 0.122 e. The van der Waals surface area contributed by atoms with Gasteiger partial charge in [-0.3, -0.25) is 0 Å². The highest BCUT2D eigenvalue weighted by Crippen LogP contribution is 2.05. The van der Waals surface area contributed by atoms with Crippen molar-refractivity contribution >= 4 is 0 Å². The van der Waals surface area contributed by atoms with Crippen LogP contribution in [0.3, 0.4) is 0 Å². The third kappa shape index (κ3) is 6.21. The molecule has 0 heterocycles. The van der Waals surface area contributed by atoms with Crippen molar-refractivity contribution < 1.29 is 9.47 Å². The lowest BCUT2D eigenvalue weighted by molar-refractivity contribution is -0.0132. The topological polar surface area (TPSA) is 18.5 Å². The summed E-state index contributed by atoms with van der Waals surface area (Å²) in [6.45, 7) is 7.79. The first kappa shape index (κ1) is 11.5. The summed E-state index contributed by atoms with van der Waals surface area (Å²) in [5, 5.41) is 0. The summed E-state index contributed by atoms with van der Waals surface area (Å²) in [7, 11) is 0. The minimum Gasteiger partial charge on any atom is -0.379 e. The van der Waals surface area contributed by atoms with Crippen LogP contribution in [-0.2, 0) is 9.47 Å². The van der Waals surface area contributed by atoms with Gasteiger partial charge in [-0.05, 0) is 20.3 Å². The number of hydrogen-bond donors (Lipinski definition) is 0. The molecule has 0 N–H and O–H groups in total. The molecule has 0 saturated heterocycles. The van der Waals surface area contributed by atoms with Crippen molar-refractivity contribution in [1.29, 1.82) is 0 Å². The molecule has 0 aromatic rings. The zero-order chi connectivity index (χ0) is 9.45. The molecule has 2 heteroatoms. The Morgan fingerprint density at radius 3 is 2.42 bits per heavy atom. The Balaban J connectivity index is 3.27. The molecular weight excluding hydrogens is 152 g/mol. The van der Waals surface area contributed by atoms with E-state index in [1.165, 1.54) is 0 Å². The highest BCUT2D eigenvalue weighted by atomic mass is 16.5. The van der Waals surface area contributed by atoms with Gasteiger partial charge in [0.05, 0.1) is 13.2 Å². The van der Waals surface area contributed by atoms with Crippen molar-refractivity contribution in [2.75, 3.05) is 19.8 Å². The first-order valence-electron chi connectivity index (χ1n) is 4.32. The maximum absolute atomic E-state index is 5.36. The Labute approximate surface area is 75.3 Å². The van der Waals surface area contributed by atoms with E-state index in [1.807, 2.05) is 13.8 Å². The molecule has 0 aromatic carbocycles. The lowest BCUT2D eigenvalue weighted by Gasteiger charge is -2.18. The molecule has 0 rings (SSSR count). The molecule has 0 aromatic heterocycles. The molecule has 0 aliphatic rings. The predicted octanol–water partition coefficient (Wildman–Crippen LogP) is 1.84. The molecule has 0 aliphatic heterocycles. The van der Waals surface area contributed by atoms with E-state index >= 15 is 0 Å². The van der Waals surface area contributed by atoms with Gasteiger partial charge >= 0.3 is 0 Å². The van der Waals surface area contributed by atoms with Gasteiger partial charge < -0.3 is 9.47 Å². The first-order valence-corrected chi connectivity index (χ1v) is 4.32. The highest BCUT2D eigenvalue weighted by molar-refractivity contribution is 5.02. The summed E-state index contributed by atoms with van der Waals surface area (Å²) in [4.78, 5) is 0. The largest absolute Gasteiger partial charge is 0.379 e. The van der Waals surface area contributed by atoms with Crippen molar-refractivity contribution in [1.82, 2.24) is 0 Å². The maximum Gasteiger partial charge on any atom is 0.122 e. The third-order valence-corrected chi connectivity index (χ3v) is 1.39. The Morgan fingerprint density at radius 1 is 1.25 bits per heavy atom. The van der Waals surface area contributed by atoms with E-state index in [2.05, 4.69) is 12.8 Å². The molecule has 0 bridgehead atoms. The van der Waals surface area contributed by atoms with Gasteiger partial charge in [-0.2, -0.15) is 0 Å². The molecule has 0 radical (unpaired) electrons. The fourth-order valence-corrected chi connectivity index (χ4v) is 0.644. The van der Waals surface area contributed by atoms with Crippen LogP contribution in [0.15, 0.2) is 0 Å². The Bertz CT molecular complexity index is 144. The van der Waals surface area contributed by atoms with Crippen molar-refractivity contribution in [2.45, 2.75) is 32.8 Å². The molecule has 0 atom stereocenters. The third-order valence-electron chi connectivity index (χ3n) is 1.39. The van der Waals surface area contributed by atoms with Crippen LogP contribution in [0.2, 0.25) is 0 Å². The van der Waals surface area contributed by atoms with Crippen molar-refractivity contribution in [2.24, 2.45) is 0 Å². The number of rotatable bonds is 6. The van der Waals surface area contributed by atoms with Crippen LogP contribution in [0.5, 0.6) is 0 Å². The predicted molar refractivity (Wildman–Crippen MR) is 50.0 cm³/mol. The van der Waals surface area contributed by atoms with E-state index in [4.69, 9.17) is 15.9 Å². The molecule has 0 spiro atoms. The summed E-state index contributed by atoms with van der Waals surface area (Å²) in [6, 6.07) is 0. The quantitative estimate of drug-likeness (QED) is 0.447. The molecule has 12 heavy (non-hydrogen) atoms. The number of hydrogen-bond acceptors (Lipinski definition) is 2. The first-order chi connectivity index (χ1) is 5.62. The fraction of sp³-hybridized carbons (Fsp3) is 0.800. The maximum atomic E-state index is 5.36.